The second-order valence-corrected chi connectivity index (χ2v) is 3.63. The molecule has 0 bridgehead atoms. The van der Waals surface area contributed by atoms with Gasteiger partial charge in [-0.1, -0.05) is 0 Å². The van der Waals surface area contributed by atoms with Gasteiger partial charge in [0.2, 0.25) is 0 Å². The van der Waals surface area contributed by atoms with Crippen LogP contribution < -0.4 is 4.74 Å². The molecule has 0 aliphatic carbocycles. The Balaban J connectivity index is 2.30. The lowest BCUT2D eigenvalue weighted by atomic mass is 10.1. The van der Waals surface area contributed by atoms with Gasteiger partial charge in [-0.25, -0.2) is 4.99 Å². The molecule has 1 heterocycles. The number of ether oxygens (including phenoxy) is 1. The van der Waals surface area contributed by atoms with Crippen molar-refractivity contribution in [3.8, 4) is 5.75 Å². The van der Waals surface area contributed by atoms with E-state index in [9.17, 15) is 0 Å². The first-order chi connectivity index (χ1) is 7.85. The maximum Gasteiger partial charge on any atom is 0.120 e. The SMILES string of the molecule is COc1ccc2c(CCN=C=S)c[nH]c2c1. The second-order valence-electron chi connectivity index (χ2n) is 3.45. The number of nitrogens with one attached hydrogen (secondary N) is 1. The molecular formula is C12H12N2OS. The van der Waals surface area contributed by atoms with E-state index in [4.69, 9.17) is 4.74 Å². The lowest BCUT2D eigenvalue weighted by Gasteiger charge is -1.99. The fraction of sp³-hybridized carbons (Fsp3) is 0.250. The Hall–Kier alpha value is -1.64. The van der Waals surface area contributed by atoms with Crippen molar-refractivity contribution in [3.63, 3.8) is 0 Å². The lowest BCUT2D eigenvalue weighted by Crippen LogP contribution is -1.87. The molecule has 2 rings (SSSR count). The van der Waals surface area contributed by atoms with Crippen LogP contribution in [0, 0.1) is 0 Å². The Bertz CT molecular complexity index is 541. The topological polar surface area (TPSA) is 37.4 Å². The Labute approximate surface area is 99.1 Å². The number of rotatable bonds is 4. The summed E-state index contributed by atoms with van der Waals surface area (Å²) < 4.78 is 5.17. The maximum atomic E-state index is 5.17. The van der Waals surface area contributed by atoms with Crippen LogP contribution in [0.25, 0.3) is 10.9 Å². The van der Waals surface area contributed by atoms with E-state index in [0.29, 0.717) is 6.54 Å². The van der Waals surface area contributed by atoms with E-state index in [-0.39, 0.29) is 0 Å². The number of thiocarbonyl (C=S) groups is 1. The highest BCUT2D eigenvalue weighted by Gasteiger charge is 2.03. The smallest absolute Gasteiger partial charge is 0.120 e. The average molecular weight is 232 g/mol. The summed E-state index contributed by atoms with van der Waals surface area (Å²) in [7, 11) is 1.67. The normalized spacial score (nSPS) is 10.1. The predicted octanol–water partition coefficient (Wildman–Crippen LogP) is 2.82. The molecule has 0 aliphatic heterocycles. The number of fused-ring (bicyclic) bond motifs is 1. The largest absolute Gasteiger partial charge is 0.497 e. The number of aliphatic imine (C=N–C) groups is 1. The van der Waals surface area contributed by atoms with Gasteiger partial charge in [-0.2, -0.15) is 0 Å². The van der Waals surface area contributed by atoms with Crippen molar-refractivity contribution in [3.05, 3.63) is 30.0 Å². The van der Waals surface area contributed by atoms with Crippen LogP contribution in [0.4, 0.5) is 0 Å². The summed E-state index contributed by atoms with van der Waals surface area (Å²) in [5.74, 6) is 0.859. The first-order valence-corrected chi connectivity index (χ1v) is 5.43. The first-order valence-electron chi connectivity index (χ1n) is 5.03. The zero-order valence-corrected chi connectivity index (χ0v) is 9.80. The molecule has 1 aromatic carbocycles. The van der Waals surface area contributed by atoms with Gasteiger partial charge in [-0.15, -0.1) is 0 Å². The van der Waals surface area contributed by atoms with Gasteiger partial charge in [-0.3, -0.25) is 0 Å². The summed E-state index contributed by atoms with van der Waals surface area (Å²) in [5.41, 5.74) is 2.33. The summed E-state index contributed by atoms with van der Waals surface area (Å²) in [6, 6.07) is 6.00. The van der Waals surface area contributed by atoms with Crippen molar-refractivity contribution in [1.82, 2.24) is 4.98 Å². The van der Waals surface area contributed by atoms with Crippen molar-refractivity contribution in [2.45, 2.75) is 6.42 Å². The molecule has 82 valence electrons. The van der Waals surface area contributed by atoms with Crippen LogP contribution >= 0.6 is 12.2 Å². The number of aromatic nitrogens is 1. The number of methoxy groups -OCH3 is 1. The monoisotopic (exact) mass is 232 g/mol. The third kappa shape index (κ3) is 2.13. The minimum Gasteiger partial charge on any atom is -0.497 e. The molecule has 0 saturated heterocycles. The minimum atomic E-state index is 0.683. The molecule has 0 aliphatic rings. The Morgan fingerprint density at radius 1 is 1.50 bits per heavy atom. The predicted molar refractivity (Wildman–Crippen MR) is 68.4 cm³/mol. The van der Waals surface area contributed by atoms with Crippen LogP contribution in [-0.4, -0.2) is 23.8 Å². The second kappa shape index (κ2) is 4.92. The lowest BCUT2D eigenvalue weighted by molar-refractivity contribution is 0.415. The fourth-order valence-corrected chi connectivity index (χ4v) is 1.81. The minimum absolute atomic E-state index is 0.683. The molecular weight excluding hydrogens is 220 g/mol. The van der Waals surface area contributed by atoms with Crippen molar-refractivity contribution in [2.75, 3.05) is 13.7 Å². The molecule has 0 fully saturated rings. The molecule has 0 spiro atoms. The zero-order chi connectivity index (χ0) is 11.4. The summed E-state index contributed by atoms with van der Waals surface area (Å²) in [6.45, 7) is 0.683. The molecule has 1 N–H and O–H groups in total. The van der Waals surface area contributed by atoms with Gasteiger partial charge < -0.3 is 9.72 Å². The number of H-pyrrole nitrogens is 1. The highest BCUT2D eigenvalue weighted by atomic mass is 32.1. The number of aromatic amines is 1. The van der Waals surface area contributed by atoms with E-state index >= 15 is 0 Å². The van der Waals surface area contributed by atoms with Gasteiger partial charge in [0.15, 0.2) is 0 Å². The standard InChI is InChI=1S/C12H12N2OS/c1-15-10-2-3-11-9(4-5-13-8-16)7-14-12(11)6-10/h2-3,6-7,14H,4-5H2,1H3. The summed E-state index contributed by atoms with van der Waals surface area (Å²) in [5, 5.41) is 3.58. The van der Waals surface area contributed by atoms with Gasteiger partial charge in [-0.05, 0) is 36.3 Å². The molecule has 2 aromatic rings. The Morgan fingerprint density at radius 3 is 3.12 bits per heavy atom. The molecule has 4 heteroatoms. The van der Waals surface area contributed by atoms with Crippen LogP contribution in [0.2, 0.25) is 0 Å². The number of isothiocyanates is 1. The van der Waals surface area contributed by atoms with Gasteiger partial charge in [0, 0.05) is 23.2 Å². The highest BCUT2D eigenvalue weighted by Crippen LogP contribution is 2.23. The first kappa shape index (κ1) is 10.9. The number of hydrogen-bond donors (Lipinski definition) is 1. The molecule has 1 aromatic heterocycles. The summed E-state index contributed by atoms with van der Waals surface area (Å²) in [4.78, 5) is 7.14. The Kier molecular flexibility index (Phi) is 3.34. The molecule has 0 radical (unpaired) electrons. The third-order valence-electron chi connectivity index (χ3n) is 2.53. The molecule has 0 atom stereocenters. The molecule has 0 unspecified atom stereocenters. The van der Waals surface area contributed by atoms with Crippen molar-refractivity contribution >= 4 is 28.3 Å². The van der Waals surface area contributed by atoms with E-state index in [2.05, 4.69) is 33.4 Å². The number of benzene rings is 1. The highest BCUT2D eigenvalue weighted by molar-refractivity contribution is 7.78. The van der Waals surface area contributed by atoms with E-state index in [1.807, 2.05) is 18.3 Å². The summed E-state index contributed by atoms with van der Waals surface area (Å²) >= 11 is 4.53. The molecule has 0 saturated carbocycles. The molecule has 0 amide bonds. The van der Waals surface area contributed by atoms with Gasteiger partial charge in [0.05, 0.1) is 18.8 Å². The quantitative estimate of drug-likeness (QED) is 0.650. The van der Waals surface area contributed by atoms with Crippen molar-refractivity contribution in [2.24, 2.45) is 4.99 Å². The molecule has 16 heavy (non-hydrogen) atoms. The van der Waals surface area contributed by atoms with Crippen LogP contribution in [0.5, 0.6) is 5.75 Å². The Morgan fingerprint density at radius 2 is 2.38 bits per heavy atom. The van der Waals surface area contributed by atoms with E-state index in [1.54, 1.807) is 7.11 Å². The maximum absolute atomic E-state index is 5.17. The zero-order valence-electron chi connectivity index (χ0n) is 8.99. The van der Waals surface area contributed by atoms with E-state index < -0.39 is 0 Å². The fourth-order valence-electron chi connectivity index (χ4n) is 1.72. The third-order valence-corrected chi connectivity index (χ3v) is 2.66. The number of hydrogen-bond acceptors (Lipinski definition) is 3. The van der Waals surface area contributed by atoms with Gasteiger partial charge in [0.1, 0.15) is 5.75 Å². The van der Waals surface area contributed by atoms with E-state index in [0.717, 1.165) is 17.7 Å². The molecule has 3 nitrogen and oxygen atoms in total. The van der Waals surface area contributed by atoms with Gasteiger partial charge >= 0.3 is 0 Å². The van der Waals surface area contributed by atoms with Crippen molar-refractivity contribution < 1.29 is 4.74 Å². The van der Waals surface area contributed by atoms with Crippen LogP contribution in [0.1, 0.15) is 5.56 Å². The van der Waals surface area contributed by atoms with Crippen LogP contribution in [0.15, 0.2) is 29.4 Å². The van der Waals surface area contributed by atoms with Crippen molar-refractivity contribution in [1.29, 1.82) is 0 Å². The van der Waals surface area contributed by atoms with Crippen LogP contribution in [0.3, 0.4) is 0 Å². The van der Waals surface area contributed by atoms with Crippen LogP contribution in [-0.2, 0) is 6.42 Å². The van der Waals surface area contributed by atoms with E-state index in [1.165, 1.54) is 10.9 Å². The summed E-state index contributed by atoms with van der Waals surface area (Å²) in [6.07, 6.45) is 2.87. The van der Waals surface area contributed by atoms with Gasteiger partial charge in [0.25, 0.3) is 0 Å². The average Bonchev–Trinajstić information content (AvgIpc) is 2.72. The number of nitrogens with zero attached hydrogens (tertiary/aromatic N) is 1.